The van der Waals surface area contributed by atoms with E-state index < -0.39 is 6.10 Å². The Morgan fingerprint density at radius 1 is 1.55 bits per heavy atom. The van der Waals surface area contributed by atoms with E-state index >= 15 is 0 Å². The second kappa shape index (κ2) is 7.77. The van der Waals surface area contributed by atoms with Crippen LogP contribution >= 0.6 is 0 Å². The number of aliphatic hydroxyl groups is 1. The van der Waals surface area contributed by atoms with Gasteiger partial charge in [0.1, 0.15) is 5.82 Å². The summed E-state index contributed by atoms with van der Waals surface area (Å²) in [6.07, 6.45) is 0.700. The third-order valence-electron chi connectivity index (χ3n) is 2.84. The lowest BCUT2D eigenvalue weighted by atomic mass is 10.1. The summed E-state index contributed by atoms with van der Waals surface area (Å²) in [5.41, 5.74) is 1.33. The van der Waals surface area contributed by atoms with Crippen molar-refractivity contribution in [1.82, 2.24) is 4.90 Å². The summed E-state index contributed by atoms with van der Waals surface area (Å²) in [5.74, 6) is -0.589. The Hall–Kier alpha value is -1.72. The van der Waals surface area contributed by atoms with Gasteiger partial charge in [0.15, 0.2) is 0 Å². The first kappa shape index (κ1) is 16.3. The quantitative estimate of drug-likeness (QED) is 0.807. The highest BCUT2D eigenvalue weighted by Crippen LogP contribution is 2.15. The van der Waals surface area contributed by atoms with Crippen molar-refractivity contribution in [2.45, 2.75) is 13.0 Å². The lowest BCUT2D eigenvalue weighted by molar-refractivity contribution is -0.126. The Labute approximate surface area is 118 Å². The molecule has 1 rings (SSSR count). The van der Waals surface area contributed by atoms with E-state index in [0.717, 1.165) is 0 Å². The molecule has 0 aliphatic rings. The number of benzene rings is 1. The summed E-state index contributed by atoms with van der Waals surface area (Å²) < 4.78 is 17.9. The van der Waals surface area contributed by atoms with Crippen molar-refractivity contribution >= 4 is 11.5 Å². The van der Waals surface area contributed by atoms with Crippen molar-refractivity contribution in [3.8, 4) is 0 Å². The number of likely N-dealkylation sites (N-methyl/N-ethyl adjacent to an activating group) is 1. The second-order valence-corrected chi connectivity index (χ2v) is 4.67. The Bertz CT molecular complexity index is 488. The highest BCUT2D eigenvalue weighted by molar-refractivity contribution is 5.94. The number of nitrogens with zero attached hydrogens (tertiary/aromatic N) is 1. The van der Waals surface area contributed by atoms with E-state index in [1.807, 2.05) is 0 Å². The highest BCUT2D eigenvalue weighted by atomic mass is 19.1. The largest absolute Gasteiger partial charge is 0.389 e. The lowest BCUT2D eigenvalue weighted by Gasteiger charge is -2.19. The van der Waals surface area contributed by atoms with Gasteiger partial charge in [0.25, 0.3) is 0 Å². The second-order valence-electron chi connectivity index (χ2n) is 4.67. The fraction of sp³-hybridized carbons (Fsp3) is 0.400. The molecule has 110 valence electrons. The predicted octanol–water partition coefficient (Wildman–Crippen LogP) is 1.69. The van der Waals surface area contributed by atoms with E-state index in [9.17, 15) is 14.3 Å². The van der Waals surface area contributed by atoms with Crippen molar-refractivity contribution in [3.63, 3.8) is 0 Å². The summed E-state index contributed by atoms with van der Waals surface area (Å²) in [6, 6.07) is 6.06. The van der Waals surface area contributed by atoms with Crippen LogP contribution in [-0.4, -0.2) is 49.3 Å². The van der Waals surface area contributed by atoms with E-state index in [1.165, 1.54) is 30.2 Å². The number of methoxy groups -OCH3 is 1. The maximum absolute atomic E-state index is 13.1. The van der Waals surface area contributed by atoms with Crippen LogP contribution < -0.4 is 0 Å². The van der Waals surface area contributed by atoms with Crippen LogP contribution in [0.3, 0.4) is 0 Å². The molecule has 4 nitrogen and oxygen atoms in total. The van der Waals surface area contributed by atoms with E-state index in [4.69, 9.17) is 4.74 Å². The van der Waals surface area contributed by atoms with Crippen LogP contribution in [0.1, 0.15) is 12.5 Å². The molecule has 1 unspecified atom stereocenters. The van der Waals surface area contributed by atoms with Gasteiger partial charge in [-0.3, -0.25) is 4.79 Å². The lowest BCUT2D eigenvalue weighted by Crippen LogP contribution is -2.35. The number of halogens is 1. The summed E-state index contributed by atoms with van der Waals surface area (Å²) in [4.78, 5) is 13.4. The molecular formula is C15H20FNO3. The molecule has 5 heteroatoms. The van der Waals surface area contributed by atoms with Gasteiger partial charge in [0, 0.05) is 26.8 Å². The van der Waals surface area contributed by atoms with Crippen LogP contribution in [-0.2, 0) is 9.53 Å². The van der Waals surface area contributed by atoms with Gasteiger partial charge in [-0.1, -0.05) is 12.1 Å². The zero-order valence-corrected chi connectivity index (χ0v) is 12.0. The number of hydrogen-bond acceptors (Lipinski definition) is 3. The molecule has 0 bridgehead atoms. The zero-order chi connectivity index (χ0) is 15.1. The minimum absolute atomic E-state index is 0.171. The molecule has 1 N–H and O–H groups in total. The molecule has 0 aliphatic carbocycles. The van der Waals surface area contributed by atoms with Crippen LogP contribution in [0.25, 0.3) is 5.57 Å². The van der Waals surface area contributed by atoms with Gasteiger partial charge in [0.2, 0.25) is 5.91 Å². The van der Waals surface area contributed by atoms with Crippen LogP contribution in [0.15, 0.2) is 30.3 Å². The van der Waals surface area contributed by atoms with E-state index in [0.29, 0.717) is 11.1 Å². The van der Waals surface area contributed by atoms with Crippen LogP contribution in [0.5, 0.6) is 0 Å². The van der Waals surface area contributed by atoms with Crippen molar-refractivity contribution < 1.29 is 19.0 Å². The number of rotatable bonds is 6. The molecule has 0 heterocycles. The number of hydrogen-bond donors (Lipinski definition) is 1. The monoisotopic (exact) mass is 281 g/mol. The Kier molecular flexibility index (Phi) is 6.35. The van der Waals surface area contributed by atoms with Gasteiger partial charge in [0.05, 0.1) is 12.7 Å². The van der Waals surface area contributed by atoms with E-state index in [1.54, 1.807) is 26.1 Å². The number of aliphatic hydroxyl groups excluding tert-OH is 1. The summed E-state index contributed by atoms with van der Waals surface area (Å²) in [7, 11) is 3.08. The molecule has 0 fully saturated rings. The van der Waals surface area contributed by atoms with E-state index in [2.05, 4.69) is 0 Å². The maximum Gasteiger partial charge on any atom is 0.246 e. The van der Waals surface area contributed by atoms with Gasteiger partial charge < -0.3 is 14.7 Å². The summed E-state index contributed by atoms with van der Waals surface area (Å²) in [5, 5.41) is 9.57. The first-order valence-electron chi connectivity index (χ1n) is 6.30. The van der Waals surface area contributed by atoms with Gasteiger partial charge in [-0.2, -0.15) is 0 Å². The number of allylic oxidation sites excluding steroid dienone is 1. The first-order chi connectivity index (χ1) is 9.43. The SMILES string of the molecule is COCC(O)CN(C)C(=O)/C=C(\C)c1cccc(F)c1. The molecule has 1 aromatic rings. The van der Waals surface area contributed by atoms with Crippen molar-refractivity contribution in [2.75, 3.05) is 27.3 Å². The number of carbonyl (C=O) groups excluding carboxylic acids is 1. The maximum atomic E-state index is 13.1. The minimum Gasteiger partial charge on any atom is -0.389 e. The van der Waals surface area contributed by atoms with Crippen molar-refractivity contribution in [3.05, 3.63) is 41.7 Å². The number of carbonyl (C=O) groups is 1. The first-order valence-corrected chi connectivity index (χ1v) is 6.30. The molecule has 0 radical (unpaired) electrons. The molecule has 1 aromatic carbocycles. The average Bonchev–Trinajstić information content (AvgIpc) is 2.38. The van der Waals surface area contributed by atoms with Crippen LogP contribution in [0.2, 0.25) is 0 Å². The number of ether oxygens (including phenoxy) is 1. The van der Waals surface area contributed by atoms with Gasteiger partial charge in [-0.15, -0.1) is 0 Å². The molecule has 0 aliphatic heterocycles. The molecule has 0 aromatic heterocycles. The van der Waals surface area contributed by atoms with Crippen molar-refractivity contribution in [2.24, 2.45) is 0 Å². The summed E-state index contributed by atoms with van der Waals surface area (Å²) in [6.45, 7) is 2.09. The summed E-state index contributed by atoms with van der Waals surface area (Å²) >= 11 is 0. The highest BCUT2D eigenvalue weighted by Gasteiger charge is 2.12. The third kappa shape index (κ3) is 5.11. The minimum atomic E-state index is -0.725. The molecule has 1 atom stereocenters. The van der Waals surface area contributed by atoms with Crippen LogP contribution in [0, 0.1) is 5.82 Å². The Balaban J connectivity index is 2.70. The molecule has 0 spiro atoms. The average molecular weight is 281 g/mol. The molecule has 1 amide bonds. The predicted molar refractivity (Wildman–Crippen MR) is 75.6 cm³/mol. The smallest absolute Gasteiger partial charge is 0.246 e. The fourth-order valence-corrected chi connectivity index (χ4v) is 1.76. The Morgan fingerprint density at radius 2 is 2.25 bits per heavy atom. The van der Waals surface area contributed by atoms with Crippen molar-refractivity contribution in [1.29, 1.82) is 0 Å². The van der Waals surface area contributed by atoms with Gasteiger partial charge >= 0.3 is 0 Å². The van der Waals surface area contributed by atoms with Crippen LogP contribution in [0.4, 0.5) is 4.39 Å². The normalized spacial score (nSPS) is 13.2. The van der Waals surface area contributed by atoms with Gasteiger partial charge in [-0.25, -0.2) is 4.39 Å². The Morgan fingerprint density at radius 3 is 2.85 bits per heavy atom. The topological polar surface area (TPSA) is 49.8 Å². The standard InChI is InChI=1S/C15H20FNO3/c1-11(12-5-4-6-13(16)8-12)7-15(19)17(2)9-14(18)10-20-3/h4-8,14,18H,9-10H2,1-3H3/b11-7+. The molecule has 0 saturated heterocycles. The fourth-order valence-electron chi connectivity index (χ4n) is 1.76. The number of amides is 1. The molecular weight excluding hydrogens is 261 g/mol. The molecule has 0 saturated carbocycles. The van der Waals surface area contributed by atoms with Gasteiger partial charge in [-0.05, 0) is 30.2 Å². The molecule has 20 heavy (non-hydrogen) atoms. The van der Waals surface area contributed by atoms with E-state index in [-0.39, 0.29) is 24.9 Å². The zero-order valence-electron chi connectivity index (χ0n) is 12.0. The third-order valence-corrected chi connectivity index (χ3v) is 2.84.